The lowest BCUT2D eigenvalue weighted by Crippen LogP contribution is -2.19. The minimum absolute atomic E-state index is 0.0464. The van der Waals surface area contributed by atoms with Crippen molar-refractivity contribution in [1.29, 1.82) is 0 Å². The van der Waals surface area contributed by atoms with Gasteiger partial charge in [0.25, 0.3) is 5.91 Å². The summed E-state index contributed by atoms with van der Waals surface area (Å²) in [4.78, 5) is 16.5. The highest BCUT2D eigenvalue weighted by molar-refractivity contribution is 7.91. The lowest BCUT2D eigenvalue weighted by atomic mass is 10.0. The Kier molecular flexibility index (Phi) is 3.32. The number of nitrogens with one attached hydrogen (secondary N) is 1. The fraction of sp³-hybridized carbons (Fsp3) is 0.214. The molecule has 1 aromatic heterocycles. The van der Waals surface area contributed by atoms with E-state index in [1.54, 1.807) is 38.3 Å². The summed E-state index contributed by atoms with van der Waals surface area (Å²) in [6.45, 7) is 1.64. The quantitative estimate of drug-likeness (QED) is 0.897. The van der Waals surface area contributed by atoms with Crippen molar-refractivity contribution in [2.75, 3.05) is 11.1 Å². The number of anilines is 1. The lowest BCUT2D eigenvalue weighted by molar-refractivity contribution is 0.102. The Labute approximate surface area is 127 Å². The first kappa shape index (κ1) is 14.5. The molecule has 0 bridgehead atoms. The number of sulfone groups is 1. The summed E-state index contributed by atoms with van der Waals surface area (Å²) in [5.41, 5.74) is 1.36. The average molecular weight is 318 g/mol. The van der Waals surface area contributed by atoms with E-state index in [2.05, 4.69) is 15.4 Å². The van der Waals surface area contributed by atoms with Crippen molar-refractivity contribution in [3.63, 3.8) is 0 Å². The van der Waals surface area contributed by atoms with Gasteiger partial charge in [-0.2, -0.15) is 10.1 Å². The fourth-order valence-electron chi connectivity index (χ4n) is 2.47. The van der Waals surface area contributed by atoms with Crippen LogP contribution in [0, 0.1) is 6.92 Å². The van der Waals surface area contributed by atoms with Crippen LogP contribution in [-0.2, 0) is 16.9 Å². The number of carbonyl (C=O) groups is 1. The highest BCUT2D eigenvalue weighted by Gasteiger charge is 2.26. The van der Waals surface area contributed by atoms with Gasteiger partial charge in [-0.3, -0.25) is 10.1 Å². The van der Waals surface area contributed by atoms with Gasteiger partial charge in [-0.25, -0.2) is 13.1 Å². The zero-order chi connectivity index (χ0) is 15.9. The molecule has 1 N–H and O–H groups in total. The van der Waals surface area contributed by atoms with Crippen molar-refractivity contribution < 1.29 is 13.2 Å². The minimum Gasteiger partial charge on any atom is -0.291 e. The molecule has 114 valence electrons. The van der Waals surface area contributed by atoms with Crippen molar-refractivity contribution in [1.82, 2.24) is 14.8 Å². The largest absolute Gasteiger partial charge is 0.291 e. The Hall–Kier alpha value is -2.48. The van der Waals surface area contributed by atoms with Gasteiger partial charge >= 0.3 is 0 Å². The van der Waals surface area contributed by atoms with Crippen molar-refractivity contribution in [2.24, 2.45) is 7.05 Å². The van der Waals surface area contributed by atoms with Crippen molar-refractivity contribution in [2.45, 2.75) is 11.8 Å². The number of benzene rings is 1. The maximum absolute atomic E-state index is 12.4. The van der Waals surface area contributed by atoms with Crippen LogP contribution in [-0.4, -0.2) is 34.8 Å². The third-order valence-electron chi connectivity index (χ3n) is 3.54. The van der Waals surface area contributed by atoms with E-state index in [1.165, 1.54) is 11.0 Å². The van der Waals surface area contributed by atoms with E-state index in [4.69, 9.17) is 0 Å². The summed E-state index contributed by atoms with van der Waals surface area (Å²) in [6, 6.07) is 3.26. The summed E-state index contributed by atoms with van der Waals surface area (Å²) < 4.78 is 25.9. The Morgan fingerprint density at radius 2 is 2.14 bits per heavy atom. The second kappa shape index (κ2) is 5.06. The first-order chi connectivity index (χ1) is 10.4. The molecule has 1 aliphatic rings. The molecular formula is C14H14N4O3S. The number of hydrogen-bond donors (Lipinski definition) is 1. The number of aromatic nitrogens is 3. The summed E-state index contributed by atoms with van der Waals surface area (Å²) >= 11 is 0. The molecule has 1 aromatic carbocycles. The van der Waals surface area contributed by atoms with Crippen molar-refractivity contribution in [3.8, 4) is 0 Å². The Morgan fingerprint density at radius 3 is 2.82 bits per heavy atom. The highest BCUT2D eigenvalue weighted by Crippen LogP contribution is 2.29. The molecule has 0 radical (unpaired) electrons. The topological polar surface area (TPSA) is 93.9 Å². The number of rotatable bonds is 2. The first-order valence-corrected chi connectivity index (χ1v) is 8.23. The summed E-state index contributed by atoms with van der Waals surface area (Å²) in [6.07, 6.45) is 4.69. The zero-order valence-electron chi connectivity index (χ0n) is 12.1. The SMILES string of the molecule is Cc1c(C(=O)Nc2ncnn2C)ccc2c1S(=O)(=O)CC=C2. The van der Waals surface area contributed by atoms with E-state index >= 15 is 0 Å². The van der Waals surface area contributed by atoms with E-state index in [0.29, 0.717) is 22.6 Å². The Bertz CT molecular complexity index is 897. The Morgan fingerprint density at radius 1 is 1.36 bits per heavy atom. The molecule has 8 heteroatoms. The number of fused-ring (bicyclic) bond motifs is 1. The summed E-state index contributed by atoms with van der Waals surface area (Å²) in [7, 11) is -1.75. The van der Waals surface area contributed by atoms with Crippen LogP contribution in [0.25, 0.3) is 6.08 Å². The van der Waals surface area contributed by atoms with Crippen LogP contribution in [0.4, 0.5) is 5.95 Å². The normalized spacial score (nSPS) is 15.4. The molecule has 0 fully saturated rings. The van der Waals surface area contributed by atoms with Gasteiger partial charge in [-0.05, 0) is 24.1 Å². The second-order valence-electron chi connectivity index (χ2n) is 5.00. The number of carbonyl (C=O) groups excluding carboxylic acids is 1. The van der Waals surface area contributed by atoms with E-state index in [0.717, 1.165) is 0 Å². The molecule has 7 nitrogen and oxygen atoms in total. The van der Waals surface area contributed by atoms with Crippen LogP contribution in [0.15, 0.2) is 29.4 Å². The number of nitrogens with zero attached hydrogens (tertiary/aromatic N) is 3. The predicted octanol–water partition coefficient (Wildman–Crippen LogP) is 1.18. The number of amides is 1. The predicted molar refractivity (Wildman–Crippen MR) is 81.2 cm³/mol. The molecule has 2 heterocycles. The van der Waals surface area contributed by atoms with Crippen LogP contribution >= 0.6 is 0 Å². The van der Waals surface area contributed by atoms with Gasteiger partial charge in [0.05, 0.1) is 10.6 Å². The highest BCUT2D eigenvalue weighted by atomic mass is 32.2. The van der Waals surface area contributed by atoms with Crippen LogP contribution in [0.5, 0.6) is 0 Å². The maximum Gasteiger partial charge on any atom is 0.258 e. The van der Waals surface area contributed by atoms with E-state index in [9.17, 15) is 13.2 Å². The molecule has 0 atom stereocenters. The molecule has 0 saturated heterocycles. The molecule has 3 rings (SSSR count). The molecule has 1 aliphatic heterocycles. The smallest absolute Gasteiger partial charge is 0.258 e. The second-order valence-corrected chi connectivity index (χ2v) is 6.97. The number of hydrogen-bond acceptors (Lipinski definition) is 5. The van der Waals surface area contributed by atoms with Crippen LogP contribution in [0.2, 0.25) is 0 Å². The molecule has 0 unspecified atom stereocenters. The van der Waals surface area contributed by atoms with Gasteiger partial charge < -0.3 is 0 Å². The number of aryl methyl sites for hydroxylation is 1. The molecule has 0 aliphatic carbocycles. The zero-order valence-corrected chi connectivity index (χ0v) is 12.9. The summed E-state index contributed by atoms with van der Waals surface area (Å²) in [5, 5.41) is 6.48. The van der Waals surface area contributed by atoms with Crippen LogP contribution in [0.3, 0.4) is 0 Å². The lowest BCUT2D eigenvalue weighted by Gasteiger charge is -2.16. The fourth-order valence-corrected chi connectivity index (χ4v) is 4.05. The minimum atomic E-state index is -3.40. The maximum atomic E-state index is 12.4. The molecule has 0 spiro atoms. The van der Waals surface area contributed by atoms with Crippen molar-refractivity contribution in [3.05, 3.63) is 41.2 Å². The van der Waals surface area contributed by atoms with Gasteiger partial charge in [-0.1, -0.05) is 18.2 Å². The van der Waals surface area contributed by atoms with E-state index in [-0.39, 0.29) is 10.6 Å². The molecule has 2 aromatic rings. The molecule has 22 heavy (non-hydrogen) atoms. The third-order valence-corrected chi connectivity index (χ3v) is 5.34. The average Bonchev–Trinajstić information content (AvgIpc) is 2.83. The van der Waals surface area contributed by atoms with Crippen molar-refractivity contribution >= 4 is 27.8 Å². The van der Waals surface area contributed by atoms with Gasteiger partial charge in [0.15, 0.2) is 9.84 Å². The standard InChI is InChI=1S/C14H14N4O3S/c1-9-11(13(19)17-14-15-8-16-18(14)2)6-5-10-4-3-7-22(20,21)12(9)10/h3-6,8H,7H2,1-2H3,(H,15,16,17,19). The van der Waals surface area contributed by atoms with Gasteiger partial charge in [0, 0.05) is 12.6 Å². The molecular weight excluding hydrogens is 304 g/mol. The van der Waals surface area contributed by atoms with E-state index in [1.807, 2.05) is 0 Å². The monoisotopic (exact) mass is 318 g/mol. The molecule has 1 amide bonds. The van der Waals surface area contributed by atoms with Gasteiger partial charge in [0.1, 0.15) is 6.33 Å². The van der Waals surface area contributed by atoms with Gasteiger partial charge in [0.2, 0.25) is 5.95 Å². The van der Waals surface area contributed by atoms with Crippen LogP contribution in [0.1, 0.15) is 21.5 Å². The van der Waals surface area contributed by atoms with E-state index < -0.39 is 15.7 Å². The third kappa shape index (κ3) is 2.31. The van der Waals surface area contributed by atoms with Gasteiger partial charge in [-0.15, -0.1) is 0 Å². The Balaban J connectivity index is 2.05. The van der Waals surface area contributed by atoms with Crippen LogP contribution < -0.4 is 5.32 Å². The first-order valence-electron chi connectivity index (χ1n) is 6.58. The summed E-state index contributed by atoms with van der Waals surface area (Å²) in [5.74, 6) is -0.166. The molecule has 0 saturated carbocycles.